The molecule has 0 saturated heterocycles. The lowest BCUT2D eigenvalue weighted by atomic mass is 10.1. The van der Waals surface area contributed by atoms with Gasteiger partial charge in [0.2, 0.25) is 5.91 Å². The smallest absolute Gasteiger partial charge is 0.229 e. The molecule has 0 atom stereocenters. The summed E-state index contributed by atoms with van der Waals surface area (Å²) in [6, 6.07) is 11.0. The third kappa shape index (κ3) is 3.57. The normalized spacial score (nSPS) is 10.1. The Morgan fingerprint density at radius 2 is 2.17 bits per heavy atom. The average Bonchev–Trinajstić information content (AvgIpc) is 2.28. The summed E-state index contributed by atoms with van der Waals surface area (Å²) >= 11 is 5.87. The number of rotatable bonds is 3. The molecule has 2 rings (SSSR count). The van der Waals surface area contributed by atoms with Crippen molar-refractivity contribution in [3.05, 3.63) is 58.7 Å². The van der Waals surface area contributed by atoms with E-state index >= 15 is 0 Å². The van der Waals surface area contributed by atoms with Gasteiger partial charge in [0.25, 0.3) is 0 Å². The molecule has 18 heavy (non-hydrogen) atoms. The first-order chi connectivity index (χ1) is 8.63. The zero-order valence-electron chi connectivity index (χ0n) is 9.98. The van der Waals surface area contributed by atoms with E-state index in [-0.39, 0.29) is 12.3 Å². The highest BCUT2D eigenvalue weighted by Crippen LogP contribution is 2.12. The number of nitrogens with zero attached hydrogens (tertiary/aromatic N) is 1. The molecule has 0 fully saturated rings. The van der Waals surface area contributed by atoms with Gasteiger partial charge >= 0.3 is 0 Å². The number of halogens is 1. The van der Waals surface area contributed by atoms with Gasteiger partial charge in [-0.3, -0.25) is 4.79 Å². The third-order valence-corrected chi connectivity index (χ3v) is 2.67. The standard InChI is InChI=1S/C14H13ClN2O/c1-10-5-6-16-13(7-10)17-14(18)9-11-3-2-4-12(15)8-11/h2-8H,9H2,1H3,(H,16,17,18). The molecule has 0 unspecified atom stereocenters. The van der Waals surface area contributed by atoms with Crippen molar-refractivity contribution in [1.29, 1.82) is 0 Å². The van der Waals surface area contributed by atoms with Crippen molar-refractivity contribution in [3.63, 3.8) is 0 Å². The Labute approximate surface area is 111 Å². The van der Waals surface area contributed by atoms with E-state index in [1.165, 1.54) is 0 Å². The second-order valence-electron chi connectivity index (χ2n) is 4.07. The molecule has 0 bridgehead atoms. The lowest BCUT2D eigenvalue weighted by Crippen LogP contribution is -2.15. The fourth-order valence-corrected chi connectivity index (χ4v) is 1.84. The molecule has 1 amide bonds. The molecule has 1 N–H and O–H groups in total. The average molecular weight is 261 g/mol. The molecule has 1 aromatic carbocycles. The van der Waals surface area contributed by atoms with E-state index in [2.05, 4.69) is 10.3 Å². The molecule has 4 heteroatoms. The van der Waals surface area contributed by atoms with Gasteiger partial charge < -0.3 is 5.32 Å². The van der Waals surface area contributed by atoms with Gasteiger partial charge in [0.05, 0.1) is 6.42 Å². The maximum absolute atomic E-state index is 11.8. The van der Waals surface area contributed by atoms with Crippen LogP contribution in [0.4, 0.5) is 5.82 Å². The van der Waals surface area contributed by atoms with Gasteiger partial charge in [-0.1, -0.05) is 23.7 Å². The number of amides is 1. The summed E-state index contributed by atoms with van der Waals surface area (Å²) < 4.78 is 0. The van der Waals surface area contributed by atoms with Crippen LogP contribution in [0.3, 0.4) is 0 Å². The molecule has 0 saturated carbocycles. The molecular formula is C14H13ClN2O. The molecule has 1 aromatic heterocycles. The second-order valence-corrected chi connectivity index (χ2v) is 4.51. The highest BCUT2D eigenvalue weighted by Gasteiger charge is 2.05. The maximum Gasteiger partial charge on any atom is 0.229 e. The predicted molar refractivity (Wildman–Crippen MR) is 72.8 cm³/mol. The van der Waals surface area contributed by atoms with Gasteiger partial charge in [0, 0.05) is 11.2 Å². The summed E-state index contributed by atoms with van der Waals surface area (Å²) in [5, 5.41) is 3.39. The first-order valence-corrected chi connectivity index (χ1v) is 5.98. The number of aromatic nitrogens is 1. The van der Waals surface area contributed by atoms with Crippen molar-refractivity contribution < 1.29 is 4.79 Å². The Kier molecular flexibility index (Phi) is 3.95. The van der Waals surface area contributed by atoms with Crippen LogP contribution in [-0.4, -0.2) is 10.9 Å². The Morgan fingerprint density at radius 3 is 2.89 bits per heavy atom. The Bertz CT molecular complexity index is 520. The van der Waals surface area contributed by atoms with Crippen LogP contribution in [0.2, 0.25) is 5.02 Å². The number of aryl methyl sites for hydroxylation is 1. The Hall–Kier alpha value is -1.87. The van der Waals surface area contributed by atoms with E-state index < -0.39 is 0 Å². The van der Waals surface area contributed by atoms with E-state index in [1.54, 1.807) is 18.3 Å². The quantitative estimate of drug-likeness (QED) is 0.921. The Morgan fingerprint density at radius 1 is 1.33 bits per heavy atom. The van der Waals surface area contributed by atoms with E-state index in [0.717, 1.165) is 11.1 Å². The lowest BCUT2D eigenvalue weighted by Gasteiger charge is -2.05. The summed E-state index contributed by atoms with van der Waals surface area (Å²) in [6.45, 7) is 1.95. The molecule has 0 aliphatic rings. The number of pyridine rings is 1. The molecule has 0 aliphatic carbocycles. The number of carbonyl (C=O) groups excluding carboxylic acids is 1. The summed E-state index contributed by atoms with van der Waals surface area (Å²) in [6.07, 6.45) is 1.96. The Balaban J connectivity index is 2.01. The molecule has 1 heterocycles. The molecule has 3 nitrogen and oxygen atoms in total. The second kappa shape index (κ2) is 5.65. The minimum atomic E-state index is -0.102. The van der Waals surface area contributed by atoms with Crippen LogP contribution in [0, 0.1) is 6.92 Å². The zero-order chi connectivity index (χ0) is 13.0. The number of hydrogen-bond donors (Lipinski definition) is 1. The predicted octanol–water partition coefficient (Wildman–Crippen LogP) is 3.22. The van der Waals surface area contributed by atoms with Gasteiger partial charge in [-0.05, 0) is 42.3 Å². The van der Waals surface area contributed by atoms with Crippen LogP contribution in [0.5, 0.6) is 0 Å². The van der Waals surface area contributed by atoms with Crippen LogP contribution < -0.4 is 5.32 Å². The van der Waals surface area contributed by atoms with Gasteiger partial charge in [-0.2, -0.15) is 0 Å². The molecule has 2 aromatic rings. The SMILES string of the molecule is Cc1ccnc(NC(=O)Cc2cccc(Cl)c2)c1. The van der Waals surface area contributed by atoms with Crippen molar-refractivity contribution >= 4 is 23.3 Å². The number of hydrogen-bond acceptors (Lipinski definition) is 2. The largest absolute Gasteiger partial charge is 0.310 e. The number of benzene rings is 1. The topological polar surface area (TPSA) is 42.0 Å². The van der Waals surface area contributed by atoms with Crippen LogP contribution in [0.25, 0.3) is 0 Å². The fraction of sp³-hybridized carbons (Fsp3) is 0.143. The minimum Gasteiger partial charge on any atom is -0.310 e. The number of nitrogens with one attached hydrogen (secondary N) is 1. The van der Waals surface area contributed by atoms with Gasteiger partial charge in [-0.15, -0.1) is 0 Å². The zero-order valence-corrected chi connectivity index (χ0v) is 10.7. The maximum atomic E-state index is 11.8. The van der Waals surface area contributed by atoms with Crippen LogP contribution in [0.1, 0.15) is 11.1 Å². The van der Waals surface area contributed by atoms with E-state index in [1.807, 2.05) is 31.2 Å². The van der Waals surface area contributed by atoms with E-state index in [9.17, 15) is 4.79 Å². The molecule has 0 radical (unpaired) electrons. The summed E-state index contributed by atoms with van der Waals surface area (Å²) in [5.41, 5.74) is 1.94. The first-order valence-electron chi connectivity index (χ1n) is 5.60. The summed E-state index contributed by atoms with van der Waals surface area (Å²) in [4.78, 5) is 15.9. The van der Waals surface area contributed by atoms with Crippen molar-refractivity contribution in [3.8, 4) is 0 Å². The molecule has 0 aliphatic heterocycles. The van der Waals surface area contributed by atoms with Crippen LogP contribution >= 0.6 is 11.6 Å². The monoisotopic (exact) mass is 260 g/mol. The molecule has 0 spiro atoms. The number of anilines is 1. The summed E-state index contributed by atoms with van der Waals surface area (Å²) in [7, 11) is 0. The first kappa shape index (κ1) is 12.6. The fourth-order valence-electron chi connectivity index (χ4n) is 1.62. The van der Waals surface area contributed by atoms with Crippen molar-refractivity contribution in [2.24, 2.45) is 0 Å². The van der Waals surface area contributed by atoms with Gasteiger partial charge in [-0.25, -0.2) is 4.98 Å². The minimum absolute atomic E-state index is 0.102. The van der Waals surface area contributed by atoms with Gasteiger partial charge in [0.1, 0.15) is 5.82 Å². The van der Waals surface area contributed by atoms with E-state index in [4.69, 9.17) is 11.6 Å². The number of carbonyl (C=O) groups is 1. The molecule has 92 valence electrons. The summed E-state index contributed by atoms with van der Waals surface area (Å²) in [5.74, 6) is 0.470. The van der Waals surface area contributed by atoms with Crippen LogP contribution in [0.15, 0.2) is 42.6 Å². The van der Waals surface area contributed by atoms with Crippen molar-refractivity contribution in [1.82, 2.24) is 4.98 Å². The van der Waals surface area contributed by atoms with E-state index in [0.29, 0.717) is 10.8 Å². The van der Waals surface area contributed by atoms with Crippen LogP contribution in [-0.2, 0) is 11.2 Å². The van der Waals surface area contributed by atoms with Gasteiger partial charge in [0.15, 0.2) is 0 Å². The third-order valence-electron chi connectivity index (χ3n) is 2.44. The van der Waals surface area contributed by atoms with Crippen molar-refractivity contribution in [2.45, 2.75) is 13.3 Å². The molecular weight excluding hydrogens is 248 g/mol. The van der Waals surface area contributed by atoms with Crippen molar-refractivity contribution in [2.75, 3.05) is 5.32 Å². The lowest BCUT2D eigenvalue weighted by molar-refractivity contribution is -0.115. The highest BCUT2D eigenvalue weighted by molar-refractivity contribution is 6.30. The highest BCUT2D eigenvalue weighted by atomic mass is 35.5.